The number of nitrogens with one attached hydrogen (secondary N) is 4. The number of pyridine rings is 2. The number of alkyl halides is 2. The van der Waals surface area contributed by atoms with Crippen LogP contribution < -0.4 is 29.9 Å². The summed E-state index contributed by atoms with van der Waals surface area (Å²) in [4.78, 5) is 71.8. The lowest BCUT2D eigenvalue weighted by atomic mass is 9.95. The van der Waals surface area contributed by atoms with Gasteiger partial charge in [0.15, 0.2) is 0 Å². The van der Waals surface area contributed by atoms with E-state index in [2.05, 4.69) is 30.6 Å². The summed E-state index contributed by atoms with van der Waals surface area (Å²) in [6.07, 6.45) is 3.09. The number of benzene rings is 6. The molecule has 24 nitrogen and oxygen atoms in total. The third-order valence-corrected chi connectivity index (χ3v) is 17.0. The van der Waals surface area contributed by atoms with Crippen molar-refractivity contribution >= 4 is 113 Å². The van der Waals surface area contributed by atoms with Crippen molar-refractivity contribution in [1.82, 2.24) is 19.9 Å². The molecule has 0 saturated carbocycles. The van der Waals surface area contributed by atoms with E-state index in [0.717, 1.165) is 32.7 Å². The van der Waals surface area contributed by atoms with Gasteiger partial charge < -0.3 is 88.7 Å². The van der Waals surface area contributed by atoms with Gasteiger partial charge in [-0.05, 0) is 94.7 Å². The lowest BCUT2D eigenvalue weighted by Crippen LogP contribution is -2.30. The Labute approximate surface area is 573 Å². The van der Waals surface area contributed by atoms with E-state index < -0.39 is 0 Å². The molecule has 10 aromatic rings. The molecule has 98 heavy (non-hydrogen) atoms. The number of anilines is 4. The molecule has 0 radical (unpaired) electrons. The SMILES string of the molecule is O=C(Nc1cc2cc(C(=O)N3C[C@@H](CCl)c4c3cc(O)c3ccccc43)[nH]c2cn1)c1ccc(OCCOCCOCCOCCO)cc1.O=C(Nc1cnc2[nH]c(C(=O)N3C[C@@H](CCl)c4c3cc(O)c3ccccc43)cc2c1)c1ccc(OCCOCCOCCOCCO)cc1. The number of aromatic amines is 2. The molecule has 4 aromatic heterocycles. The molecule has 6 aromatic carbocycles. The smallest absolute Gasteiger partial charge is 0.274 e. The summed E-state index contributed by atoms with van der Waals surface area (Å²) >= 11 is 12.7. The molecule has 0 aliphatic carbocycles. The highest BCUT2D eigenvalue weighted by molar-refractivity contribution is 6.20. The monoisotopic (exact) mass is 1380 g/mol. The number of fused-ring (bicyclic) bond motifs is 8. The minimum Gasteiger partial charge on any atom is -0.507 e. The fourth-order valence-electron chi connectivity index (χ4n) is 11.6. The number of carbonyl (C=O) groups is 4. The van der Waals surface area contributed by atoms with Gasteiger partial charge in [0.2, 0.25) is 0 Å². The number of phenolic OH excluding ortho intramolecular Hbond substituents is 2. The van der Waals surface area contributed by atoms with Gasteiger partial charge in [-0.1, -0.05) is 48.5 Å². The zero-order valence-electron chi connectivity index (χ0n) is 53.4. The van der Waals surface area contributed by atoms with Gasteiger partial charge in [-0.3, -0.25) is 19.2 Å². The Morgan fingerprint density at radius 2 is 0.908 bits per heavy atom. The number of rotatable bonds is 32. The quantitative estimate of drug-likeness (QED) is 0.0144. The largest absolute Gasteiger partial charge is 0.507 e. The second-order valence-electron chi connectivity index (χ2n) is 22.7. The number of aromatic nitrogens is 4. The maximum Gasteiger partial charge on any atom is 0.274 e. The van der Waals surface area contributed by atoms with Crippen LogP contribution in [0.3, 0.4) is 0 Å². The van der Waals surface area contributed by atoms with Gasteiger partial charge >= 0.3 is 0 Å². The van der Waals surface area contributed by atoms with E-state index >= 15 is 0 Å². The molecular weight excluding hydrogens is 1300 g/mol. The van der Waals surface area contributed by atoms with E-state index in [1.54, 1.807) is 101 Å². The maximum absolute atomic E-state index is 13.8. The van der Waals surface area contributed by atoms with Crippen LogP contribution in [-0.4, -0.2) is 195 Å². The van der Waals surface area contributed by atoms with E-state index in [-0.39, 0.29) is 60.2 Å². The maximum atomic E-state index is 13.8. The van der Waals surface area contributed by atoms with Gasteiger partial charge in [0.05, 0.1) is 127 Å². The predicted octanol–water partition coefficient (Wildman–Crippen LogP) is 10.2. The highest BCUT2D eigenvalue weighted by Crippen LogP contribution is 2.47. The van der Waals surface area contributed by atoms with E-state index in [9.17, 15) is 29.4 Å². The third-order valence-electron chi connectivity index (χ3n) is 16.3. The molecule has 0 bridgehead atoms. The first-order valence-electron chi connectivity index (χ1n) is 31.9. The van der Waals surface area contributed by atoms with Crippen LogP contribution in [0.5, 0.6) is 23.0 Å². The van der Waals surface area contributed by atoms with Gasteiger partial charge in [0.25, 0.3) is 23.6 Å². The molecule has 4 amide bonds. The van der Waals surface area contributed by atoms with E-state index in [1.807, 2.05) is 48.5 Å². The molecule has 0 saturated heterocycles. The Morgan fingerprint density at radius 3 is 1.38 bits per heavy atom. The highest BCUT2D eigenvalue weighted by atomic mass is 35.5. The molecule has 2 aliphatic heterocycles. The molecule has 6 heterocycles. The third kappa shape index (κ3) is 17.1. The molecular formula is C72H74Cl2N8O16. The molecule has 12 rings (SSSR count). The van der Waals surface area contributed by atoms with Crippen molar-refractivity contribution in [1.29, 1.82) is 0 Å². The summed E-state index contributed by atoms with van der Waals surface area (Å²) in [5.41, 5.74) is 6.31. The average Bonchev–Trinajstić information content (AvgIpc) is 1.58. The standard InChI is InChI=1S/2C36H37ClN4O8/c37-20-25-22-41(31-19-32(43)28-3-1-2-4-29(28)33(25)31)36(45)30-18-24-17-26(21-38-34(24)40-30)39-35(44)23-5-7-27(8-6-23)49-16-15-48-14-13-47-12-11-46-10-9-42;37-20-25-22-41(31-19-32(43)27-3-1-2-4-28(27)34(25)31)36(45)29-17-24-18-33(38-21-30(24)39-29)40-35(44)23-5-7-26(8-6-23)49-16-15-48-14-13-47-12-11-46-10-9-42/h1-8,17-19,21,25,42-43H,9-16,20,22H2,(H,38,40)(H,39,44);1-8,17-19,21,25,39,42-43H,9-16,20,22H2,(H,38,40,44)/t2*25-/m11/s1. The zero-order chi connectivity index (χ0) is 68.3. The number of hydrogen-bond donors (Lipinski definition) is 8. The zero-order valence-corrected chi connectivity index (χ0v) is 54.9. The number of nitrogens with zero attached hydrogens (tertiary/aromatic N) is 4. The Hall–Kier alpha value is -9.44. The van der Waals surface area contributed by atoms with Gasteiger partial charge in [-0.2, -0.15) is 0 Å². The first kappa shape index (κ1) is 69.9. The molecule has 0 spiro atoms. The number of amides is 4. The number of aliphatic hydroxyl groups is 2. The fraction of sp³-hybridized carbons (Fsp3) is 0.306. The minimum absolute atomic E-state index is 0.00563. The van der Waals surface area contributed by atoms with Crippen LogP contribution >= 0.6 is 23.2 Å². The Balaban J connectivity index is 0.000000198. The number of aromatic hydroxyl groups is 2. The number of hydrogen-bond acceptors (Lipinski definition) is 18. The van der Waals surface area contributed by atoms with Crippen LogP contribution in [0.2, 0.25) is 0 Å². The van der Waals surface area contributed by atoms with Crippen LogP contribution in [0.25, 0.3) is 43.5 Å². The summed E-state index contributed by atoms with van der Waals surface area (Å²) in [5.74, 6) is 1.03. The second kappa shape index (κ2) is 34.2. The highest BCUT2D eigenvalue weighted by Gasteiger charge is 2.37. The number of phenols is 2. The van der Waals surface area contributed by atoms with Crippen LogP contribution in [0, 0.1) is 0 Å². The van der Waals surface area contributed by atoms with E-state index in [1.165, 1.54) is 6.20 Å². The summed E-state index contributed by atoms with van der Waals surface area (Å²) in [7, 11) is 0. The van der Waals surface area contributed by atoms with Crippen LogP contribution in [0.1, 0.15) is 64.7 Å². The van der Waals surface area contributed by atoms with Gasteiger partial charge in [-0.15, -0.1) is 23.2 Å². The fourth-order valence-corrected chi connectivity index (χ4v) is 12.1. The van der Waals surface area contributed by atoms with Crippen molar-refractivity contribution in [3.8, 4) is 23.0 Å². The Kier molecular flexibility index (Phi) is 24.4. The van der Waals surface area contributed by atoms with Crippen molar-refractivity contribution in [2.24, 2.45) is 0 Å². The minimum atomic E-state index is -0.344. The van der Waals surface area contributed by atoms with E-state index in [4.69, 9.17) is 71.3 Å². The van der Waals surface area contributed by atoms with Crippen molar-refractivity contribution in [2.75, 3.05) is 151 Å². The van der Waals surface area contributed by atoms with Gasteiger partial charge in [0, 0.05) is 81.5 Å². The molecule has 0 fully saturated rings. The molecule has 0 unspecified atom stereocenters. The van der Waals surface area contributed by atoms with E-state index in [0.29, 0.717) is 196 Å². The first-order valence-corrected chi connectivity index (χ1v) is 33.0. The first-order chi connectivity index (χ1) is 47.9. The molecule has 8 N–H and O–H groups in total. The second-order valence-corrected chi connectivity index (χ2v) is 23.4. The predicted molar refractivity (Wildman–Crippen MR) is 373 cm³/mol. The molecule has 2 aliphatic rings. The summed E-state index contributed by atoms with van der Waals surface area (Å²) in [6, 6.07) is 38.7. The van der Waals surface area contributed by atoms with Crippen molar-refractivity contribution in [2.45, 2.75) is 11.8 Å². The lowest BCUT2D eigenvalue weighted by molar-refractivity contribution is 0.00361. The van der Waals surface area contributed by atoms with Crippen LogP contribution in [-0.2, 0) is 28.4 Å². The number of carbonyl (C=O) groups excluding carboxylic acids is 4. The Morgan fingerprint density at radius 1 is 0.480 bits per heavy atom. The number of H-pyrrole nitrogens is 2. The molecule has 512 valence electrons. The molecule has 26 heteroatoms. The average molecular weight is 1380 g/mol. The number of aliphatic hydroxyl groups excluding tert-OH is 2. The van der Waals surface area contributed by atoms with Crippen molar-refractivity contribution < 1.29 is 77.5 Å². The van der Waals surface area contributed by atoms with Crippen LogP contribution in [0.4, 0.5) is 22.9 Å². The number of halogens is 2. The number of ether oxygens (including phenoxy) is 8. The van der Waals surface area contributed by atoms with Crippen LogP contribution in [0.15, 0.2) is 146 Å². The summed E-state index contributed by atoms with van der Waals surface area (Å²) < 4.78 is 43.3. The lowest BCUT2D eigenvalue weighted by Gasteiger charge is -2.17. The topological polar surface area (TPSA) is 311 Å². The summed E-state index contributed by atoms with van der Waals surface area (Å²) in [5, 5.41) is 49.0. The summed E-state index contributed by atoms with van der Waals surface area (Å²) in [6.45, 7) is 6.26. The van der Waals surface area contributed by atoms with Gasteiger partial charge in [0.1, 0.15) is 59.1 Å². The normalized spacial score (nSPS) is 14.0. The molecule has 2 atom stereocenters. The van der Waals surface area contributed by atoms with Gasteiger partial charge in [-0.25, -0.2) is 9.97 Å². The van der Waals surface area contributed by atoms with Crippen molar-refractivity contribution in [3.05, 3.63) is 179 Å². The van der Waals surface area contributed by atoms with Crippen molar-refractivity contribution in [3.63, 3.8) is 0 Å². The Bertz CT molecular complexity index is 4110.